The van der Waals surface area contributed by atoms with Gasteiger partial charge < -0.3 is 15.4 Å². The minimum absolute atomic E-state index is 0.418. The average Bonchev–Trinajstić information content (AvgIpc) is 2.90. The summed E-state index contributed by atoms with van der Waals surface area (Å²) in [7, 11) is 3.75. The van der Waals surface area contributed by atoms with E-state index in [0.29, 0.717) is 19.0 Å². The maximum atomic E-state index is 5.36. The Bertz CT molecular complexity index is 568. The zero-order valence-electron chi connectivity index (χ0n) is 12.8. The molecular weight excluding hydrogens is 268 g/mol. The Morgan fingerprint density at radius 3 is 2.76 bits per heavy atom. The molecule has 0 fully saturated rings. The van der Waals surface area contributed by atoms with Crippen molar-refractivity contribution in [2.75, 3.05) is 30.8 Å². The lowest BCUT2D eigenvalue weighted by Crippen LogP contribution is -2.10. The van der Waals surface area contributed by atoms with Crippen LogP contribution in [-0.2, 0) is 24.8 Å². The van der Waals surface area contributed by atoms with E-state index in [0.717, 1.165) is 30.3 Å². The lowest BCUT2D eigenvalue weighted by Gasteiger charge is -2.09. The first-order valence-corrected chi connectivity index (χ1v) is 7.07. The zero-order chi connectivity index (χ0) is 15.1. The minimum Gasteiger partial charge on any atom is -0.374 e. The fourth-order valence-electron chi connectivity index (χ4n) is 1.89. The molecule has 0 aromatic carbocycles. The molecule has 114 valence electrons. The van der Waals surface area contributed by atoms with Crippen LogP contribution in [-0.4, -0.2) is 39.9 Å². The van der Waals surface area contributed by atoms with Crippen molar-refractivity contribution in [1.82, 2.24) is 19.7 Å². The molecule has 2 heterocycles. The number of hydrogen-bond acceptors (Lipinski definition) is 6. The number of nitrogens with one attached hydrogen (secondary N) is 2. The van der Waals surface area contributed by atoms with Gasteiger partial charge in [0, 0.05) is 45.9 Å². The summed E-state index contributed by atoms with van der Waals surface area (Å²) in [6, 6.07) is 3.90. The molecule has 21 heavy (non-hydrogen) atoms. The number of ether oxygens (including phenoxy) is 1. The monoisotopic (exact) mass is 290 g/mol. The van der Waals surface area contributed by atoms with Gasteiger partial charge in [-0.25, -0.2) is 9.97 Å². The second-order valence-corrected chi connectivity index (χ2v) is 4.60. The highest BCUT2D eigenvalue weighted by Gasteiger charge is 2.04. The molecule has 2 aromatic rings. The Labute approximate surface area is 124 Å². The van der Waals surface area contributed by atoms with E-state index in [9.17, 15) is 0 Å². The van der Waals surface area contributed by atoms with E-state index in [-0.39, 0.29) is 0 Å². The Hall–Kier alpha value is -2.15. The number of nitrogens with zero attached hydrogens (tertiary/aromatic N) is 4. The van der Waals surface area contributed by atoms with E-state index in [4.69, 9.17) is 4.74 Å². The van der Waals surface area contributed by atoms with Crippen molar-refractivity contribution in [3.05, 3.63) is 29.8 Å². The van der Waals surface area contributed by atoms with Crippen LogP contribution in [0.3, 0.4) is 0 Å². The van der Waals surface area contributed by atoms with Gasteiger partial charge in [-0.05, 0) is 13.0 Å². The summed E-state index contributed by atoms with van der Waals surface area (Å²) >= 11 is 0. The maximum absolute atomic E-state index is 5.36. The van der Waals surface area contributed by atoms with E-state index >= 15 is 0 Å². The second-order valence-electron chi connectivity index (χ2n) is 4.60. The summed E-state index contributed by atoms with van der Waals surface area (Å²) in [6.45, 7) is 3.79. The number of anilines is 2. The van der Waals surface area contributed by atoms with Crippen molar-refractivity contribution in [3.63, 3.8) is 0 Å². The molecule has 0 saturated carbocycles. The molecule has 0 atom stereocenters. The normalized spacial score (nSPS) is 10.6. The third kappa shape index (κ3) is 4.71. The van der Waals surface area contributed by atoms with Crippen LogP contribution in [0.4, 0.5) is 11.6 Å². The minimum atomic E-state index is 0.418. The fraction of sp³-hybridized carbons (Fsp3) is 0.500. The van der Waals surface area contributed by atoms with Crippen LogP contribution in [0, 0.1) is 0 Å². The second kappa shape index (κ2) is 7.58. The van der Waals surface area contributed by atoms with Gasteiger partial charge >= 0.3 is 0 Å². The average molecular weight is 290 g/mol. The number of hydrogen-bond donors (Lipinski definition) is 2. The van der Waals surface area contributed by atoms with E-state index in [2.05, 4.69) is 25.7 Å². The highest BCUT2D eigenvalue weighted by atomic mass is 16.5. The van der Waals surface area contributed by atoms with Crippen LogP contribution in [0.1, 0.15) is 18.4 Å². The summed E-state index contributed by atoms with van der Waals surface area (Å²) in [5.41, 5.74) is 1.06. The van der Waals surface area contributed by atoms with Gasteiger partial charge in [0.05, 0.1) is 5.69 Å². The van der Waals surface area contributed by atoms with Gasteiger partial charge in [0.2, 0.25) is 0 Å². The summed E-state index contributed by atoms with van der Waals surface area (Å²) in [5, 5.41) is 10.7. The topological polar surface area (TPSA) is 76.9 Å². The molecule has 7 nitrogen and oxygen atoms in total. The van der Waals surface area contributed by atoms with Gasteiger partial charge in [-0.15, -0.1) is 0 Å². The van der Waals surface area contributed by atoms with Crippen LogP contribution >= 0.6 is 0 Å². The molecular formula is C14H22N6O. The molecule has 0 spiro atoms. The molecule has 0 radical (unpaired) electrons. The van der Waals surface area contributed by atoms with Gasteiger partial charge in [-0.2, -0.15) is 5.10 Å². The van der Waals surface area contributed by atoms with Crippen LogP contribution in [0.15, 0.2) is 18.3 Å². The molecule has 2 aromatic heterocycles. The summed E-state index contributed by atoms with van der Waals surface area (Å²) in [5.74, 6) is 2.24. The molecule has 0 bridgehead atoms. The van der Waals surface area contributed by atoms with E-state index < -0.39 is 0 Å². The summed E-state index contributed by atoms with van der Waals surface area (Å²) in [4.78, 5) is 8.80. The molecule has 0 aliphatic heterocycles. The van der Waals surface area contributed by atoms with E-state index in [1.807, 2.05) is 39.3 Å². The van der Waals surface area contributed by atoms with Crippen LogP contribution in [0.5, 0.6) is 0 Å². The SMILES string of the molecule is CCOCc1nc(NC)cc(NCCc2ccn(C)n2)n1. The summed E-state index contributed by atoms with van der Waals surface area (Å²) in [6.07, 6.45) is 2.79. The van der Waals surface area contributed by atoms with Crippen molar-refractivity contribution >= 4 is 11.6 Å². The van der Waals surface area contributed by atoms with Gasteiger partial charge in [-0.3, -0.25) is 4.68 Å². The number of aryl methyl sites for hydroxylation is 1. The van der Waals surface area contributed by atoms with Crippen LogP contribution in [0.2, 0.25) is 0 Å². The smallest absolute Gasteiger partial charge is 0.158 e. The molecule has 0 aliphatic rings. The summed E-state index contributed by atoms with van der Waals surface area (Å²) < 4.78 is 7.16. The van der Waals surface area contributed by atoms with Gasteiger partial charge in [0.25, 0.3) is 0 Å². The third-order valence-electron chi connectivity index (χ3n) is 2.92. The highest BCUT2D eigenvalue weighted by Crippen LogP contribution is 2.11. The Balaban J connectivity index is 1.94. The molecule has 0 unspecified atom stereocenters. The lowest BCUT2D eigenvalue weighted by molar-refractivity contribution is 0.128. The van der Waals surface area contributed by atoms with Crippen LogP contribution < -0.4 is 10.6 Å². The Morgan fingerprint density at radius 1 is 1.29 bits per heavy atom. The van der Waals surface area contributed by atoms with Crippen molar-refractivity contribution in [1.29, 1.82) is 0 Å². The third-order valence-corrected chi connectivity index (χ3v) is 2.92. The first kappa shape index (κ1) is 15.2. The van der Waals surface area contributed by atoms with Crippen molar-refractivity contribution in [2.45, 2.75) is 20.0 Å². The zero-order valence-corrected chi connectivity index (χ0v) is 12.8. The molecule has 2 rings (SSSR count). The standard InChI is InChI=1S/C14H22N6O/c1-4-21-10-14-17-12(15-2)9-13(18-14)16-7-5-11-6-8-20(3)19-11/h6,8-9H,4-5,7,10H2,1-3H3,(H2,15,16,17,18). The number of aromatic nitrogens is 4. The highest BCUT2D eigenvalue weighted by molar-refractivity contribution is 5.47. The molecule has 0 saturated heterocycles. The van der Waals surface area contributed by atoms with Crippen molar-refractivity contribution < 1.29 is 4.74 Å². The predicted molar refractivity (Wildman–Crippen MR) is 82.3 cm³/mol. The Morgan fingerprint density at radius 2 is 2.10 bits per heavy atom. The number of rotatable bonds is 8. The molecule has 2 N–H and O–H groups in total. The largest absolute Gasteiger partial charge is 0.374 e. The first-order chi connectivity index (χ1) is 10.2. The van der Waals surface area contributed by atoms with Crippen molar-refractivity contribution in [2.24, 2.45) is 7.05 Å². The lowest BCUT2D eigenvalue weighted by atomic mass is 10.3. The van der Waals surface area contributed by atoms with Gasteiger partial charge in [0.15, 0.2) is 5.82 Å². The molecule has 7 heteroatoms. The van der Waals surface area contributed by atoms with Gasteiger partial charge in [0.1, 0.15) is 18.2 Å². The van der Waals surface area contributed by atoms with Gasteiger partial charge in [-0.1, -0.05) is 0 Å². The van der Waals surface area contributed by atoms with Crippen LogP contribution in [0.25, 0.3) is 0 Å². The predicted octanol–water partition coefficient (Wildman–Crippen LogP) is 1.44. The Kier molecular flexibility index (Phi) is 5.51. The quantitative estimate of drug-likeness (QED) is 0.766. The maximum Gasteiger partial charge on any atom is 0.158 e. The van der Waals surface area contributed by atoms with Crippen molar-refractivity contribution in [3.8, 4) is 0 Å². The molecule has 0 amide bonds. The molecule has 0 aliphatic carbocycles. The van der Waals surface area contributed by atoms with E-state index in [1.165, 1.54) is 0 Å². The van der Waals surface area contributed by atoms with E-state index in [1.54, 1.807) is 4.68 Å². The fourth-order valence-corrected chi connectivity index (χ4v) is 1.89. The first-order valence-electron chi connectivity index (χ1n) is 7.07.